The molecule has 4 N–H and O–H groups in total. The van der Waals surface area contributed by atoms with Gasteiger partial charge in [-0.2, -0.15) is 0 Å². The molecular formula is C16H26N4O4S. The Labute approximate surface area is 151 Å². The molecule has 0 aromatic carbocycles. The lowest BCUT2D eigenvalue weighted by Gasteiger charge is -2.33. The van der Waals surface area contributed by atoms with Gasteiger partial charge in [0.1, 0.15) is 0 Å². The number of amides is 3. The third-order valence-corrected chi connectivity index (χ3v) is 6.37. The van der Waals surface area contributed by atoms with Crippen LogP contribution in [0, 0.1) is 11.8 Å². The van der Waals surface area contributed by atoms with Crippen LogP contribution in [0.4, 0.5) is 4.79 Å². The van der Waals surface area contributed by atoms with Crippen molar-refractivity contribution in [1.29, 1.82) is 0 Å². The molecule has 0 radical (unpaired) electrons. The molecule has 0 aromatic rings. The average molecular weight is 370 g/mol. The molecule has 0 spiro atoms. The van der Waals surface area contributed by atoms with Gasteiger partial charge in [-0.25, -0.2) is 4.79 Å². The van der Waals surface area contributed by atoms with Crippen LogP contribution in [0.2, 0.25) is 0 Å². The highest BCUT2D eigenvalue weighted by Crippen LogP contribution is 2.31. The first-order valence-electron chi connectivity index (χ1n) is 8.95. The summed E-state index contributed by atoms with van der Waals surface area (Å²) in [5.74, 6) is -0.129. The second-order valence-corrected chi connectivity index (χ2v) is 7.95. The van der Waals surface area contributed by atoms with Crippen molar-refractivity contribution in [3.63, 3.8) is 0 Å². The summed E-state index contributed by atoms with van der Waals surface area (Å²) in [7, 11) is 0. The van der Waals surface area contributed by atoms with E-state index in [1.165, 1.54) is 0 Å². The molecule has 5 atom stereocenters. The monoisotopic (exact) mass is 370 g/mol. The van der Waals surface area contributed by atoms with Crippen molar-refractivity contribution in [2.45, 2.75) is 43.6 Å². The van der Waals surface area contributed by atoms with Crippen LogP contribution in [0.3, 0.4) is 0 Å². The minimum atomic E-state index is -0.732. The number of thioether (sulfide) groups is 1. The highest BCUT2D eigenvalue weighted by Gasteiger charge is 2.39. The van der Waals surface area contributed by atoms with Crippen molar-refractivity contribution in [1.82, 2.24) is 21.3 Å². The number of carbonyl (C=O) groups excluding carboxylic acids is 3. The Balaban J connectivity index is 1.51. The fourth-order valence-corrected chi connectivity index (χ4v) is 5.10. The molecule has 5 unspecified atom stereocenters. The molecule has 3 aliphatic rings. The maximum atomic E-state index is 12.6. The van der Waals surface area contributed by atoms with Crippen molar-refractivity contribution in [3.8, 4) is 0 Å². The van der Waals surface area contributed by atoms with Gasteiger partial charge >= 0.3 is 6.09 Å². The van der Waals surface area contributed by atoms with E-state index in [1.807, 2.05) is 0 Å². The van der Waals surface area contributed by atoms with Gasteiger partial charge in [0.2, 0.25) is 11.8 Å². The third-order valence-electron chi connectivity index (χ3n) is 5.10. The Morgan fingerprint density at radius 3 is 2.80 bits per heavy atom. The summed E-state index contributed by atoms with van der Waals surface area (Å²) < 4.78 is 4.74. The standard InChI is InChI=1S/C16H26N4O4S/c1-2-24-16(23)20-14(22)10-4-6-25-15(10)19-13(21)9-7-12-11(18-8-9)3-5-17-12/h9-12,15,17-18H,2-8H2,1H3,(H,19,21)(H,20,22,23). The molecule has 8 nitrogen and oxygen atoms in total. The summed E-state index contributed by atoms with van der Waals surface area (Å²) in [6.07, 6.45) is 1.83. The van der Waals surface area contributed by atoms with Gasteiger partial charge in [-0.3, -0.25) is 14.9 Å². The van der Waals surface area contributed by atoms with Crippen LogP contribution >= 0.6 is 11.8 Å². The van der Waals surface area contributed by atoms with Crippen molar-refractivity contribution in [2.75, 3.05) is 25.4 Å². The molecule has 9 heteroatoms. The number of fused-ring (bicyclic) bond motifs is 1. The quantitative estimate of drug-likeness (QED) is 0.542. The Hall–Kier alpha value is -1.32. The number of hydrogen-bond donors (Lipinski definition) is 4. The van der Waals surface area contributed by atoms with E-state index < -0.39 is 12.0 Å². The predicted molar refractivity (Wildman–Crippen MR) is 94.0 cm³/mol. The van der Waals surface area contributed by atoms with Gasteiger partial charge in [-0.05, 0) is 38.5 Å². The minimum absolute atomic E-state index is 0.0204. The molecule has 3 heterocycles. The van der Waals surface area contributed by atoms with Crippen LogP contribution < -0.4 is 21.3 Å². The van der Waals surface area contributed by atoms with Crippen molar-refractivity contribution < 1.29 is 19.1 Å². The summed E-state index contributed by atoms with van der Waals surface area (Å²) in [6, 6.07) is 0.816. The number of piperidine rings is 1. The first-order chi connectivity index (χ1) is 12.1. The number of alkyl carbamates (subject to hydrolysis) is 1. The van der Waals surface area contributed by atoms with Crippen molar-refractivity contribution in [3.05, 3.63) is 0 Å². The molecule has 3 aliphatic heterocycles. The molecule has 3 rings (SSSR count). The van der Waals surface area contributed by atoms with Gasteiger partial charge in [0.05, 0.1) is 23.8 Å². The predicted octanol–water partition coefficient (Wildman–Crippen LogP) is -0.205. The van der Waals surface area contributed by atoms with E-state index in [2.05, 4.69) is 21.3 Å². The van der Waals surface area contributed by atoms with E-state index in [9.17, 15) is 14.4 Å². The maximum Gasteiger partial charge on any atom is 0.413 e. The second-order valence-electron chi connectivity index (χ2n) is 6.70. The largest absolute Gasteiger partial charge is 0.450 e. The maximum absolute atomic E-state index is 12.6. The van der Waals surface area contributed by atoms with Crippen LogP contribution in [0.1, 0.15) is 26.2 Å². The minimum Gasteiger partial charge on any atom is -0.450 e. The van der Waals surface area contributed by atoms with Crippen LogP contribution in [0.25, 0.3) is 0 Å². The Morgan fingerprint density at radius 1 is 1.16 bits per heavy atom. The van der Waals surface area contributed by atoms with Gasteiger partial charge in [0, 0.05) is 18.6 Å². The molecule has 0 aromatic heterocycles. The van der Waals surface area contributed by atoms with E-state index in [-0.39, 0.29) is 29.7 Å². The number of ether oxygens (including phenoxy) is 1. The second kappa shape index (κ2) is 8.37. The van der Waals surface area contributed by atoms with E-state index in [0.717, 1.165) is 25.1 Å². The summed E-state index contributed by atoms with van der Waals surface area (Å²) in [5, 5.41) is 11.8. The molecule has 0 bridgehead atoms. The summed E-state index contributed by atoms with van der Waals surface area (Å²) >= 11 is 1.55. The highest BCUT2D eigenvalue weighted by molar-refractivity contribution is 8.00. The first kappa shape index (κ1) is 18.5. The van der Waals surface area contributed by atoms with Gasteiger partial charge in [0.15, 0.2) is 0 Å². The molecule has 3 fully saturated rings. The van der Waals surface area contributed by atoms with Gasteiger partial charge in [-0.15, -0.1) is 11.8 Å². The fraction of sp³-hybridized carbons (Fsp3) is 0.812. The van der Waals surface area contributed by atoms with E-state index in [4.69, 9.17) is 4.74 Å². The number of imide groups is 1. The van der Waals surface area contributed by atoms with Crippen molar-refractivity contribution in [2.24, 2.45) is 11.8 Å². The molecule has 3 saturated heterocycles. The van der Waals surface area contributed by atoms with Crippen LogP contribution in [-0.4, -0.2) is 60.8 Å². The topological polar surface area (TPSA) is 109 Å². The Kier molecular flexibility index (Phi) is 6.19. The molecular weight excluding hydrogens is 344 g/mol. The molecule has 3 amide bonds. The third kappa shape index (κ3) is 4.45. The van der Waals surface area contributed by atoms with Gasteiger partial charge in [0.25, 0.3) is 0 Å². The molecule has 25 heavy (non-hydrogen) atoms. The normalized spacial score (nSPS) is 34.2. The van der Waals surface area contributed by atoms with Crippen LogP contribution in [0.5, 0.6) is 0 Å². The van der Waals surface area contributed by atoms with E-state index in [1.54, 1.807) is 18.7 Å². The van der Waals surface area contributed by atoms with E-state index >= 15 is 0 Å². The lowest BCUT2D eigenvalue weighted by Crippen LogP contribution is -2.54. The van der Waals surface area contributed by atoms with Gasteiger partial charge < -0.3 is 20.7 Å². The lowest BCUT2D eigenvalue weighted by molar-refractivity contribution is -0.127. The van der Waals surface area contributed by atoms with Crippen LogP contribution in [-0.2, 0) is 14.3 Å². The van der Waals surface area contributed by atoms with Gasteiger partial charge in [-0.1, -0.05) is 0 Å². The number of nitrogens with one attached hydrogen (secondary N) is 4. The van der Waals surface area contributed by atoms with Crippen LogP contribution in [0.15, 0.2) is 0 Å². The Bertz CT molecular complexity index is 532. The number of hydrogen-bond acceptors (Lipinski definition) is 7. The zero-order chi connectivity index (χ0) is 17.8. The average Bonchev–Trinajstić information content (AvgIpc) is 3.22. The first-order valence-corrected chi connectivity index (χ1v) is 9.99. The van der Waals surface area contributed by atoms with E-state index in [0.29, 0.717) is 25.0 Å². The number of rotatable bonds is 4. The molecule has 0 saturated carbocycles. The molecule has 140 valence electrons. The summed E-state index contributed by atoms with van der Waals surface area (Å²) in [6.45, 7) is 3.56. The SMILES string of the molecule is CCOC(=O)NC(=O)C1CCSC1NC(=O)C1CNC2CCNC2C1. The molecule has 0 aliphatic carbocycles. The lowest BCUT2D eigenvalue weighted by atomic mass is 9.90. The van der Waals surface area contributed by atoms with Crippen molar-refractivity contribution >= 4 is 29.7 Å². The smallest absolute Gasteiger partial charge is 0.413 e. The highest BCUT2D eigenvalue weighted by atomic mass is 32.2. The zero-order valence-corrected chi connectivity index (χ0v) is 15.2. The zero-order valence-electron chi connectivity index (χ0n) is 14.4. The fourth-order valence-electron chi connectivity index (χ4n) is 3.76. The number of carbonyl (C=O) groups is 3. The Morgan fingerprint density at radius 2 is 2.00 bits per heavy atom. The summed E-state index contributed by atoms with van der Waals surface area (Å²) in [4.78, 5) is 36.3. The summed E-state index contributed by atoms with van der Waals surface area (Å²) in [5.41, 5.74) is 0.